The molecule has 1 heterocycles. The van der Waals surface area contributed by atoms with E-state index >= 15 is 0 Å². The van der Waals surface area contributed by atoms with E-state index in [1.165, 1.54) is 4.88 Å². The number of methoxy groups -OCH3 is 1. The topological polar surface area (TPSA) is 48.1 Å². The van der Waals surface area contributed by atoms with Crippen LogP contribution in [-0.2, 0) is 11.2 Å². The van der Waals surface area contributed by atoms with Gasteiger partial charge in [0.2, 0.25) is 0 Å². The Bertz CT molecular complexity index is 271. The third-order valence-electron chi connectivity index (χ3n) is 1.81. The molecule has 1 aromatic rings. The SMILES string of the molecule is COCCc1nc(C)c(C(C)N)s1. The maximum absolute atomic E-state index is 5.80. The van der Waals surface area contributed by atoms with Gasteiger partial charge in [-0.1, -0.05) is 0 Å². The highest BCUT2D eigenvalue weighted by Gasteiger charge is 2.10. The standard InChI is InChI=1S/C9H16N2OS/c1-6(10)9-7(2)11-8(13-9)4-5-12-3/h6H,4-5,10H2,1-3H3. The van der Waals surface area contributed by atoms with E-state index in [0.29, 0.717) is 0 Å². The van der Waals surface area contributed by atoms with Gasteiger partial charge in [-0.2, -0.15) is 0 Å². The highest BCUT2D eigenvalue weighted by molar-refractivity contribution is 7.11. The molecule has 0 fully saturated rings. The number of rotatable bonds is 4. The Kier molecular flexibility index (Phi) is 3.84. The maximum Gasteiger partial charge on any atom is 0.0954 e. The zero-order chi connectivity index (χ0) is 9.84. The molecule has 0 amide bonds. The third-order valence-corrected chi connectivity index (χ3v) is 3.23. The molecule has 0 aliphatic heterocycles. The van der Waals surface area contributed by atoms with E-state index in [0.717, 1.165) is 23.7 Å². The van der Waals surface area contributed by atoms with Gasteiger partial charge in [0.15, 0.2) is 0 Å². The molecule has 0 saturated carbocycles. The van der Waals surface area contributed by atoms with E-state index in [9.17, 15) is 0 Å². The second kappa shape index (κ2) is 4.69. The van der Waals surface area contributed by atoms with Crippen molar-refractivity contribution < 1.29 is 4.74 Å². The molecule has 1 atom stereocenters. The van der Waals surface area contributed by atoms with E-state index in [1.54, 1.807) is 18.4 Å². The Morgan fingerprint density at radius 2 is 2.31 bits per heavy atom. The lowest BCUT2D eigenvalue weighted by Gasteiger charge is -1.99. The molecule has 0 aliphatic rings. The van der Waals surface area contributed by atoms with Crippen LogP contribution in [0.4, 0.5) is 0 Å². The Morgan fingerprint density at radius 3 is 2.77 bits per heavy atom. The smallest absolute Gasteiger partial charge is 0.0954 e. The van der Waals surface area contributed by atoms with Gasteiger partial charge >= 0.3 is 0 Å². The van der Waals surface area contributed by atoms with Crippen LogP contribution in [0.25, 0.3) is 0 Å². The minimum atomic E-state index is 0.0915. The predicted molar refractivity (Wildman–Crippen MR) is 55.0 cm³/mol. The number of nitrogens with zero attached hydrogens (tertiary/aromatic N) is 1. The molecule has 0 aromatic carbocycles. The molecule has 0 saturated heterocycles. The molecule has 13 heavy (non-hydrogen) atoms. The summed E-state index contributed by atoms with van der Waals surface area (Å²) in [6.45, 7) is 4.72. The highest BCUT2D eigenvalue weighted by Crippen LogP contribution is 2.23. The molecular weight excluding hydrogens is 184 g/mol. The second-order valence-electron chi connectivity index (χ2n) is 3.09. The van der Waals surface area contributed by atoms with Crippen molar-refractivity contribution in [3.05, 3.63) is 15.6 Å². The van der Waals surface area contributed by atoms with E-state index in [1.807, 2.05) is 13.8 Å². The van der Waals surface area contributed by atoms with Crippen LogP contribution in [0.15, 0.2) is 0 Å². The molecule has 3 nitrogen and oxygen atoms in total. The van der Waals surface area contributed by atoms with E-state index < -0.39 is 0 Å². The Hall–Kier alpha value is -0.450. The summed E-state index contributed by atoms with van der Waals surface area (Å²) < 4.78 is 4.99. The second-order valence-corrected chi connectivity index (χ2v) is 4.20. The lowest BCUT2D eigenvalue weighted by Crippen LogP contribution is -2.03. The highest BCUT2D eigenvalue weighted by atomic mass is 32.1. The summed E-state index contributed by atoms with van der Waals surface area (Å²) in [4.78, 5) is 5.61. The van der Waals surface area contributed by atoms with Gasteiger partial charge in [0, 0.05) is 24.4 Å². The Labute approximate surface area is 82.9 Å². The van der Waals surface area contributed by atoms with Crippen molar-refractivity contribution in [2.75, 3.05) is 13.7 Å². The number of hydrogen-bond donors (Lipinski definition) is 1. The summed E-state index contributed by atoms with van der Waals surface area (Å²) >= 11 is 1.69. The van der Waals surface area contributed by atoms with Crippen molar-refractivity contribution in [1.82, 2.24) is 4.98 Å². The number of ether oxygens (including phenoxy) is 1. The van der Waals surface area contributed by atoms with E-state index in [4.69, 9.17) is 10.5 Å². The fourth-order valence-electron chi connectivity index (χ4n) is 1.18. The number of aryl methyl sites for hydroxylation is 1. The minimum Gasteiger partial charge on any atom is -0.384 e. The van der Waals surface area contributed by atoms with Crippen molar-refractivity contribution in [2.24, 2.45) is 5.73 Å². The lowest BCUT2D eigenvalue weighted by atomic mass is 10.2. The summed E-state index contributed by atoms with van der Waals surface area (Å²) in [6, 6.07) is 0.0915. The summed E-state index contributed by atoms with van der Waals surface area (Å²) in [7, 11) is 1.70. The average Bonchev–Trinajstić information content (AvgIpc) is 2.43. The number of nitrogens with two attached hydrogens (primary N) is 1. The van der Waals surface area contributed by atoms with E-state index in [2.05, 4.69) is 4.98 Å². The van der Waals surface area contributed by atoms with Gasteiger partial charge in [0.05, 0.1) is 17.3 Å². The largest absolute Gasteiger partial charge is 0.384 e. The van der Waals surface area contributed by atoms with Crippen LogP contribution >= 0.6 is 11.3 Å². The van der Waals surface area contributed by atoms with Gasteiger partial charge in [-0.3, -0.25) is 0 Å². The first kappa shape index (κ1) is 10.6. The molecule has 74 valence electrons. The van der Waals surface area contributed by atoms with Gasteiger partial charge in [-0.25, -0.2) is 4.98 Å². The van der Waals surface area contributed by atoms with Gasteiger partial charge in [-0.05, 0) is 13.8 Å². The molecule has 0 radical (unpaired) electrons. The first-order valence-electron chi connectivity index (χ1n) is 4.36. The van der Waals surface area contributed by atoms with Crippen LogP contribution in [0.2, 0.25) is 0 Å². The Balaban J connectivity index is 2.71. The monoisotopic (exact) mass is 200 g/mol. The van der Waals surface area contributed by atoms with Crippen LogP contribution in [-0.4, -0.2) is 18.7 Å². The maximum atomic E-state index is 5.80. The molecule has 0 bridgehead atoms. The Morgan fingerprint density at radius 1 is 1.62 bits per heavy atom. The fourth-order valence-corrected chi connectivity index (χ4v) is 2.19. The molecule has 1 unspecified atom stereocenters. The quantitative estimate of drug-likeness (QED) is 0.804. The first-order chi connectivity index (χ1) is 6.15. The number of hydrogen-bond acceptors (Lipinski definition) is 4. The van der Waals surface area contributed by atoms with Crippen molar-refractivity contribution in [2.45, 2.75) is 26.3 Å². The van der Waals surface area contributed by atoms with Gasteiger partial charge in [0.1, 0.15) is 0 Å². The normalized spacial score (nSPS) is 13.2. The molecule has 4 heteroatoms. The first-order valence-corrected chi connectivity index (χ1v) is 5.17. The van der Waals surface area contributed by atoms with Crippen LogP contribution in [0.3, 0.4) is 0 Å². The molecule has 0 spiro atoms. The van der Waals surface area contributed by atoms with Gasteiger partial charge in [-0.15, -0.1) is 11.3 Å². The summed E-state index contributed by atoms with van der Waals surface area (Å²) in [6.07, 6.45) is 0.884. The fraction of sp³-hybridized carbons (Fsp3) is 0.667. The zero-order valence-corrected chi connectivity index (χ0v) is 9.15. The molecule has 1 rings (SSSR count). The van der Waals surface area contributed by atoms with Crippen molar-refractivity contribution >= 4 is 11.3 Å². The van der Waals surface area contributed by atoms with Crippen LogP contribution in [0.5, 0.6) is 0 Å². The summed E-state index contributed by atoms with van der Waals surface area (Å²) in [5, 5.41) is 1.12. The van der Waals surface area contributed by atoms with Crippen LogP contribution in [0.1, 0.15) is 28.5 Å². The van der Waals surface area contributed by atoms with Crippen molar-refractivity contribution in [3.63, 3.8) is 0 Å². The van der Waals surface area contributed by atoms with Gasteiger partial charge in [0.25, 0.3) is 0 Å². The van der Waals surface area contributed by atoms with Gasteiger partial charge < -0.3 is 10.5 Å². The number of thiazole rings is 1. The minimum absolute atomic E-state index is 0.0915. The third kappa shape index (κ3) is 2.76. The average molecular weight is 200 g/mol. The zero-order valence-electron chi connectivity index (χ0n) is 8.33. The van der Waals surface area contributed by atoms with Crippen molar-refractivity contribution in [3.8, 4) is 0 Å². The summed E-state index contributed by atoms with van der Waals surface area (Å²) in [5.74, 6) is 0. The van der Waals surface area contributed by atoms with Crippen LogP contribution in [0, 0.1) is 6.92 Å². The van der Waals surface area contributed by atoms with E-state index in [-0.39, 0.29) is 6.04 Å². The lowest BCUT2D eigenvalue weighted by molar-refractivity contribution is 0.202. The number of aromatic nitrogens is 1. The molecule has 0 aliphatic carbocycles. The summed E-state index contributed by atoms with van der Waals surface area (Å²) in [5.41, 5.74) is 6.86. The molecular formula is C9H16N2OS. The predicted octanol–water partition coefficient (Wildman–Crippen LogP) is 1.66. The molecule has 1 aromatic heterocycles. The molecule has 2 N–H and O–H groups in total. The van der Waals surface area contributed by atoms with Crippen LogP contribution < -0.4 is 5.73 Å². The van der Waals surface area contributed by atoms with Crippen molar-refractivity contribution in [1.29, 1.82) is 0 Å².